The predicted molar refractivity (Wildman–Crippen MR) is 67.4 cm³/mol. The van der Waals surface area contributed by atoms with E-state index in [2.05, 4.69) is 0 Å². The molecule has 0 bridgehead atoms. The Balaban J connectivity index is 2.38. The highest BCUT2D eigenvalue weighted by Crippen LogP contribution is 2.41. The van der Waals surface area contributed by atoms with Crippen molar-refractivity contribution in [1.29, 1.82) is 0 Å². The summed E-state index contributed by atoms with van der Waals surface area (Å²) >= 11 is 1.46. The van der Waals surface area contributed by atoms with Gasteiger partial charge in [-0.2, -0.15) is 0 Å². The molecule has 0 aliphatic heterocycles. The van der Waals surface area contributed by atoms with Crippen LogP contribution in [0.3, 0.4) is 0 Å². The van der Waals surface area contributed by atoms with Crippen LogP contribution in [0.5, 0.6) is 0 Å². The average molecular weight is 239 g/mol. The lowest BCUT2D eigenvalue weighted by molar-refractivity contribution is 0.450. The van der Waals surface area contributed by atoms with Gasteiger partial charge in [0.2, 0.25) is 0 Å². The van der Waals surface area contributed by atoms with Gasteiger partial charge in [0.15, 0.2) is 0 Å². The lowest BCUT2D eigenvalue weighted by Gasteiger charge is -2.28. The third kappa shape index (κ3) is 1.98. The monoisotopic (exact) mass is 239 g/mol. The van der Waals surface area contributed by atoms with Crippen LogP contribution in [0.15, 0.2) is 23.1 Å². The van der Waals surface area contributed by atoms with Gasteiger partial charge in [0, 0.05) is 16.9 Å². The van der Waals surface area contributed by atoms with Gasteiger partial charge in [-0.3, -0.25) is 0 Å². The molecule has 2 rings (SSSR count). The lowest BCUT2D eigenvalue weighted by atomic mass is 9.79. The summed E-state index contributed by atoms with van der Waals surface area (Å²) in [6, 6.07) is 5.47. The molecule has 2 N–H and O–H groups in total. The first-order valence-electron chi connectivity index (χ1n) is 5.76. The molecule has 0 heterocycles. The van der Waals surface area contributed by atoms with Crippen molar-refractivity contribution in [3.05, 3.63) is 29.6 Å². The summed E-state index contributed by atoms with van der Waals surface area (Å²) in [5.41, 5.74) is 7.26. The normalized spacial score (nSPS) is 18.9. The first-order valence-corrected chi connectivity index (χ1v) is 6.98. The van der Waals surface area contributed by atoms with Gasteiger partial charge in [-0.25, -0.2) is 4.39 Å². The van der Waals surface area contributed by atoms with E-state index in [9.17, 15) is 4.39 Å². The Bertz CT molecular complexity index is 372. The van der Waals surface area contributed by atoms with Crippen molar-refractivity contribution in [3.63, 3.8) is 0 Å². The summed E-state index contributed by atoms with van der Waals surface area (Å²) in [6.45, 7) is 0.673. The molecule has 0 saturated heterocycles. The Hall–Kier alpha value is -0.540. The Kier molecular flexibility index (Phi) is 3.55. The van der Waals surface area contributed by atoms with Crippen LogP contribution in [0, 0.1) is 5.82 Å². The van der Waals surface area contributed by atoms with Crippen LogP contribution >= 0.6 is 11.8 Å². The highest BCUT2D eigenvalue weighted by atomic mass is 32.2. The minimum Gasteiger partial charge on any atom is -0.330 e. The van der Waals surface area contributed by atoms with Gasteiger partial charge in [-0.05, 0) is 36.8 Å². The summed E-state index contributed by atoms with van der Waals surface area (Å²) in [7, 11) is 0. The van der Waals surface area contributed by atoms with E-state index in [1.165, 1.54) is 30.2 Å². The maximum atomic E-state index is 13.4. The van der Waals surface area contributed by atoms with Crippen LogP contribution in [0.4, 0.5) is 4.39 Å². The van der Waals surface area contributed by atoms with Crippen LogP contribution in [0.25, 0.3) is 0 Å². The van der Waals surface area contributed by atoms with Gasteiger partial charge in [0.25, 0.3) is 0 Å². The third-order valence-electron chi connectivity index (χ3n) is 3.71. The molecule has 1 nitrogen and oxygen atoms in total. The standard InChI is InChI=1S/C13H18FNS/c1-16-12-8-10(4-5-11(12)14)13(9-15)6-2-3-7-13/h4-5,8H,2-3,6-7,9,15H2,1H3. The van der Waals surface area contributed by atoms with E-state index >= 15 is 0 Å². The smallest absolute Gasteiger partial charge is 0.136 e. The van der Waals surface area contributed by atoms with Gasteiger partial charge in [-0.1, -0.05) is 18.9 Å². The quantitative estimate of drug-likeness (QED) is 0.819. The van der Waals surface area contributed by atoms with E-state index in [-0.39, 0.29) is 11.2 Å². The molecule has 0 aromatic heterocycles. The minimum absolute atomic E-state index is 0.109. The molecule has 1 aliphatic rings. The molecule has 88 valence electrons. The summed E-state index contributed by atoms with van der Waals surface area (Å²) in [5, 5.41) is 0. The molecule has 0 unspecified atom stereocenters. The second-order valence-corrected chi connectivity index (χ2v) is 5.39. The molecule has 0 spiro atoms. The molecule has 1 saturated carbocycles. The molecule has 3 heteroatoms. The number of halogens is 1. The molecule has 0 radical (unpaired) electrons. The van der Waals surface area contributed by atoms with Gasteiger partial charge in [0.05, 0.1) is 0 Å². The van der Waals surface area contributed by atoms with E-state index in [1.54, 1.807) is 6.07 Å². The lowest BCUT2D eigenvalue weighted by Crippen LogP contribution is -2.32. The number of thioether (sulfide) groups is 1. The molecule has 1 aromatic carbocycles. The van der Waals surface area contributed by atoms with Crippen molar-refractivity contribution >= 4 is 11.8 Å². The number of benzene rings is 1. The zero-order valence-corrected chi connectivity index (χ0v) is 10.4. The fourth-order valence-electron chi connectivity index (χ4n) is 2.65. The van der Waals surface area contributed by atoms with Crippen LogP contribution in [-0.2, 0) is 5.41 Å². The maximum absolute atomic E-state index is 13.4. The zero-order chi connectivity index (χ0) is 11.6. The first kappa shape index (κ1) is 11.9. The van der Waals surface area contributed by atoms with Gasteiger partial charge in [-0.15, -0.1) is 11.8 Å². The largest absolute Gasteiger partial charge is 0.330 e. The molecular weight excluding hydrogens is 221 g/mol. The maximum Gasteiger partial charge on any atom is 0.136 e. The van der Waals surface area contributed by atoms with Crippen molar-refractivity contribution in [3.8, 4) is 0 Å². The summed E-state index contributed by atoms with van der Waals surface area (Å²) in [5.74, 6) is -0.124. The number of hydrogen-bond acceptors (Lipinski definition) is 2. The van der Waals surface area contributed by atoms with Crippen LogP contribution in [0.1, 0.15) is 31.2 Å². The summed E-state index contributed by atoms with van der Waals surface area (Å²) < 4.78 is 13.4. The molecule has 1 aromatic rings. The van der Waals surface area contributed by atoms with E-state index < -0.39 is 0 Å². The minimum atomic E-state index is -0.124. The van der Waals surface area contributed by atoms with Crippen LogP contribution < -0.4 is 5.73 Å². The van der Waals surface area contributed by atoms with Crippen LogP contribution in [-0.4, -0.2) is 12.8 Å². The van der Waals surface area contributed by atoms with Crippen molar-refractivity contribution in [2.75, 3.05) is 12.8 Å². The van der Waals surface area contributed by atoms with Crippen molar-refractivity contribution < 1.29 is 4.39 Å². The topological polar surface area (TPSA) is 26.0 Å². The highest BCUT2D eigenvalue weighted by molar-refractivity contribution is 7.98. The molecular formula is C13H18FNS. The molecule has 0 amide bonds. The van der Waals surface area contributed by atoms with E-state index in [0.29, 0.717) is 6.54 Å². The summed E-state index contributed by atoms with van der Waals surface area (Å²) in [4.78, 5) is 0.734. The first-order chi connectivity index (χ1) is 7.72. The van der Waals surface area contributed by atoms with E-state index in [1.807, 2.05) is 18.4 Å². The van der Waals surface area contributed by atoms with Crippen molar-refractivity contribution in [2.45, 2.75) is 36.0 Å². The number of rotatable bonds is 3. The number of nitrogens with two attached hydrogens (primary N) is 1. The fraction of sp³-hybridized carbons (Fsp3) is 0.538. The zero-order valence-electron chi connectivity index (χ0n) is 9.63. The van der Waals surface area contributed by atoms with Crippen molar-refractivity contribution in [2.24, 2.45) is 5.73 Å². The van der Waals surface area contributed by atoms with Gasteiger partial charge < -0.3 is 5.73 Å². The molecule has 1 fully saturated rings. The van der Waals surface area contributed by atoms with Gasteiger partial charge >= 0.3 is 0 Å². The summed E-state index contributed by atoms with van der Waals surface area (Å²) in [6.07, 6.45) is 6.67. The second kappa shape index (κ2) is 4.76. The van der Waals surface area contributed by atoms with Crippen LogP contribution in [0.2, 0.25) is 0 Å². The molecule has 16 heavy (non-hydrogen) atoms. The Morgan fingerprint density at radius 3 is 2.62 bits per heavy atom. The van der Waals surface area contributed by atoms with Crippen molar-refractivity contribution in [1.82, 2.24) is 0 Å². The fourth-order valence-corrected chi connectivity index (χ4v) is 3.16. The number of hydrogen-bond donors (Lipinski definition) is 1. The molecule has 0 atom stereocenters. The highest BCUT2D eigenvalue weighted by Gasteiger charge is 2.34. The van der Waals surface area contributed by atoms with E-state index in [0.717, 1.165) is 17.7 Å². The Morgan fingerprint density at radius 1 is 1.38 bits per heavy atom. The van der Waals surface area contributed by atoms with E-state index in [4.69, 9.17) is 5.73 Å². The Labute approximate surface area is 101 Å². The van der Waals surface area contributed by atoms with Gasteiger partial charge in [0.1, 0.15) is 5.82 Å². The average Bonchev–Trinajstić information content (AvgIpc) is 2.79. The SMILES string of the molecule is CSc1cc(C2(CN)CCCC2)ccc1F. The Morgan fingerprint density at radius 2 is 2.06 bits per heavy atom. The second-order valence-electron chi connectivity index (χ2n) is 4.54. The predicted octanol–water partition coefficient (Wildman–Crippen LogP) is 3.32. The third-order valence-corrected chi connectivity index (χ3v) is 4.47. The molecule has 1 aliphatic carbocycles.